The fourth-order valence-electron chi connectivity index (χ4n) is 1.72. The molecule has 0 aliphatic carbocycles. The highest BCUT2D eigenvalue weighted by molar-refractivity contribution is 5.85. The van der Waals surface area contributed by atoms with Crippen molar-refractivity contribution in [3.8, 4) is 5.75 Å². The predicted octanol–water partition coefficient (Wildman–Crippen LogP) is 2.70. The molecule has 2 aromatic rings. The van der Waals surface area contributed by atoms with Crippen LogP contribution in [0.25, 0.3) is 6.08 Å². The second-order valence-electron chi connectivity index (χ2n) is 4.35. The summed E-state index contributed by atoms with van der Waals surface area (Å²) in [5.41, 5.74) is 0.674. The monoisotopic (exact) mass is 288 g/mol. The summed E-state index contributed by atoms with van der Waals surface area (Å²) in [5.74, 6) is 0.613. The molecule has 0 bridgehead atoms. The predicted molar refractivity (Wildman–Crippen MR) is 75.7 cm³/mol. The Morgan fingerprint density at radius 1 is 1.43 bits per heavy atom. The van der Waals surface area contributed by atoms with E-state index in [1.54, 1.807) is 18.2 Å². The number of hydrogen-bond acceptors (Lipinski definition) is 5. The van der Waals surface area contributed by atoms with E-state index in [9.17, 15) is 4.79 Å². The molecule has 0 saturated heterocycles. The van der Waals surface area contributed by atoms with Crippen LogP contribution in [0.15, 0.2) is 34.9 Å². The third kappa shape index (κ3) is 4.45. The maximum atomic E-state index is 10.6. The van der Waals surface area contributed by atoms with Gasteiger partial charge in [0.15, 0.2) is 12.4 Å². The van der Waals surface area contributed by atoms with Crippen molar-refractivity contribution in [2.45, 2.75) is 26.4 Å². The van der Waals surface area contributed by atoms with Crippen LogP contribution in [0.2, 0.25) is 0 Å². The summed E-state index contributed by atoms with van der Waals surface area (Å²) in [6.45, 7) is 2.19. The zero-order chi connectivity index (χ0) is 15.1. The Balaban J connectivity index is 2.03. The van der Waals surface area contributed by atoms with E-state index in [0.29, 0.717) is 23.0 Å². The highest BCUT2D eigenvalue weighted by atomic mass is 16.5. The molecule has 1 heterocycles. The summed E-state index contributed by atoms with van der Waals surface area (Å²) in [5, 5.41) is 12.5. The molecule has 0 aliphatic heterocycles. The molecule has 0 aliphatic rings. The molecular weight excluding hydrogens is 272 g/mol. The lowest BCUT2D eigenvalue weighted by atomic mass is 10.2. The van der Waals surface area contributed by atoms with E-state index in [1.807, 2.05) is 13.0 Å². The average molecular weight is 288 g/mol. The van der Waals surface area contributed by atoms with Gasteiger partial charge in [-0.3, -0.25) is 0 Å². The number of para-hydroxylation sites is 1. The second kappa shape index (κ2) is 7.23. The molecule has 1 aromatic heterocycles. The summed E-state index contributed by atoms with van der Waals surface area (Å²) >= 11 is 0. The molecule has 1 aromatic carbocycles. The number of aromatic nitrogens is 2. The summed E-state index contributed by atoms with van der Waals surface area (Å²) in [7, 11) is 0. The molecule has 0 atom stereocenters. The number of benzene rings is 1. The van der Waals surface area contributed by atoms with Crippen molar-refractivity contribution >= 4 is 12.0 Å². The summed E-state index contributed by atoms with van der Waals surface area (Å²) in [6, 6.07) is 7.14. The van der Waals surface area contributed by atoms with E-state index in [4.69, 9.17) is 14.4 Å². The number of carboxylic acids is 1. The van der Waals surface area contributed by atoms with E-state index in [1.165, 1.54) is 6.08 Å². The number of hydrogen-bond donors (Lipinski definition) is 1. The highest BCUT2D eigenvalue weighted by Crippen LogP contribution is 2.20. The quantitative estimate of drug-likeness (QED) is 0.788. The van der Waals surface area contributed by atoms with Crippen LogP contribution in [-0.2, 0) is 17.8 Å². The van der Waals surface area contributed by atoms with Crippen LogP contribution in [0, 0.1) is 0 Å². The lowest BCUT2D eigenvalue weighted by molar-refractivity contribution is -0.131. The molecule has 21 heavy (non-hydrogen) atoms. The van der Waals surface area contributed by atoms with Gasteiger partial charge in [-0.2, -0.15) is 4.98 Å². The fraction of sp³-hybridized carbons (Fsp3) is 0.267. The maximum absolute atomic E-state index is 10.6. The molecule has 0 spiro atoms. The van der Waals surface area contributed by atoms with Crippen LogP contribution in [0.5, 0.6) is 5.75 Å². The summed E-state index contributed by atoms with van der Waals surface area (Å²) in [6.07, 6.45) is 4.26. The third-order valence-electron chi connectivity index (χ3n) is 2.66. The zero-order valence-corrected chi connectivity index (χ0v) is 11.7. The van der Waals surface area contributed by atoms with E-state index < -0.39 is 5.97 Å². The van der Waals surface area contributed by atoms with E-state index >= 15 is 0 Å². The Hall–Kier alpha value is -2.63. The molecule has 110 valence electrons. The molecule has 0 radical (unpaired) electrons. The van der Waals surface area contributed by atoms with Crippen LogP contribution in [0.4, 0.5) is 0 Å². The molecule has 0 saturated carbocycles. The minimum atomic E-state index is -1.01. The minimum absolute atomic E-state index is 0.147. The van der Waals surface area contributed by atoms with Gasteiger partial charge in [0.05, 0.1) is 0 Å². The van der Waals surface area contributed by atoms with Gasteiger partial charge in [0.2, 0.25) is 0 Å². The first kappa shape index (κ1) is 14.8. The van der Waals surface area contributed by atoms with Gasteiger partial charge in [0.25, 0.3) is 5.89 Å². The van der Waals surface area contributed by atoms with E-state index in [2.05, 4.69) is 10.1 Å². The summed E-state index contributed by atoms with van der Waals surface area (Å²) < 4.78 is 10.7. The smallest absolute Gasteiger partial charge is 0.328 e. The molecular formula is C15H16N2O4. The maximum Gasteiger partial charge on any atom is 0.328 e. The minimum Gasteiger partial charge on any atom is -0.483 e. The van der Waals surface area contributed by atoms with Crippen molar-refractivity contribution in [3.63, 3.8) is 0 Å². The van der Waals surface area contributed by atoms with Crippen molar-refractivity contribution in [1.29, 1.82) is 0 Å². The average Bonchev–Trinajstić information content (AvgIpc) is 2.92. The molecule has 1 N–H and O–H groups in total. The number of carboxylic acid groups (broad SMARTS) is 1. The van der Waals surface area contributed by atoms with Crippen molar-refractivity contribution in [2.24, 2.45) is 0 Å². The summed E-state index contributed by atoms with van der Waals surface area (Å²) in [4.78, 5) is 14.8. The zero-order valence-electron chi connectivity index (χ0n) is 11.7. The molecule has 6 heteroatoms. The van der Waals surface area contributed by atoms with Gasteiger partial charge in [-0.05, 0) is 18.6 Å². The topological polar surface area (TPSA) is 85.5 Å². The molecule has 0 amide bonds. The number of nitrogens with zero attached hydrogens (tertiary/aromatic N) is 2. The van der Waals surface area contributed by atoms with Crippen LogP contribution < -0.4 is 4.74 Å². The number of ether oxygens (including phenoxy) is 1. The Labute approximate surface area is 122 Å². The number of aryl methyl sites for hydroxylation is 1. The Morgan fingerprint density at radius 2 is 2.24 bits per heavy atom. The lowest BCUT2D eigenvalue weighted by Crippen LogP contribution is -1.98. The van der Waals surface area contributed by atoms with Gasteiger partial charge in [-0.25, -0.2) is 4.79 Å². The first-order chi connectivity index (χ1) is 10.2. The van der Waals surface area contributed by atoms with Crippen LogP contribution in [-0.4, -0.2) is 21.2 Å². The number of aliphatic carboxylic acids is 1. The van der Waals surface area contributed by atoms with Gasteiger partial charge in [0.1, 0.15) is 5.75 Å². The normalized spacial score (nSPS) is 10.9. The lowest BCUT2D eigenvalue weighted by Gasteiger charge is -2.06. The van der Waals surface area contributed by atoms with Gasteiger partial charge < -0.3 is 14.4 Å². The van der Waals surface area contributed by atoms with Crippen molar-refractivity contribution < 1.29 is 19.2 Å². The largest absolute Gasteiger partial charge is 0.483 e. The number of carbonyl (C=O) groups is 1. The van der Waals surface area contributed by atoms with Crippen molar-refractivity contribution in [2.75, 3.05) is 0 Å². The van der Waals surface area contributed by atoms with Crippen LogP contribution >= 0.6 is 0 Å². The van der Waals surface area contributed by atoms with Gasteiger partial charge in [-0.1, -0.05) is 30.3 Å². The SMILES string of the molecule is CCCc1noc(COc2ccccc2C=CC(=O)O)n1. The van der Waals surface area contributed by atoms with Crippen LogP contribution in [0.3, 0.4) is 0 Å². The molecule has 2 rings (SSSR count). The fourth-order valence-corrected chi connectivity index (χ4v) is 1.72. The third-order valence-corrected chi connectivity index (χ3v) is 2.66. The van der Waals surface area contributed by atoms with Crippen LogP contribution in [0.1, 0.15) is 30.6 Å². The standard InChI is InChI=1S/C15H16N2O4/c1-2-5-13-16-14(21-17-13)10-20-12-7-4-3-6-11(12)8-9-15(18)19/h3-4,6-9H,2,5,10H2,1H3,(H,18,19). The first-order valence-electron chi connectivity index (χ1n) is 6.63. The first-order valence-corrected chi connectivity index (χ1v) is 6.63. The van der Waals surface area contributed by atoms with E-state index in [-0.39, 0.29) is 6.61 Å². The van der Waals surface area contributed by atoms with Gasteiger partial charge in [0, 0.05) is 18.1 Å². The molecule has 0 unspecified atom stereocenters. The van der Waals surface area contributed by atoms with Gasteiger partial charge in [-0.15, -0.1) is 0 Å². The Kier molecular flexibility index (Phi) is 5.09. The Bertz CT molecular complexity index is 634. The molecule has 6 nitrogen and oxygen atoms in total. The van der Waals surface area contributed by atoms with Gasteiger partial charge >= 0.3 is 5.97 Å². The highest BCUT2D eigenvalue weighted by Gasteiger charge is 2.07. The molecule has 0 fully saturated rings. The van der Waals surface area contributed by atoms with Crippen molar-refractivity contribution in [1.82, 2.24) is 10.1 Å². The Morgan fingerprint density at radius 3 is 3.00 bits per heavy atom. The van der Waals surface area contributed by atoms with E-state index in [0.717, 1.165) is 18.9 Å². The van der Waals surface area contributed by atoms with Crippen molar-refractivity contribution in [3.05, 3.63) is 47.6 Å². The second-order valence-corrected chi connectivity index (χ2v) is 4.35. The number of rotatable bonds is 7.